The second-order valence-electron chi connectivity index (χ2n) is 9.65. The number of aromatic carboxylic acids is 1. The molecule has 1 saturated carbocycles. The van der Waals surface area contributed by atoms with Crippen molar-refractivity contribution in [1.29, 1.82) is 0 Å². The summed E-state index contributed by atoms with van der Waals surface area (Å²) in [5.41, 5.74) is 3.00. The monoisotopic (exact) mass is 495 g/mol. The van der Waals surface area contributed by atoms with Crippen molar-refractivity contribution in [3.05, 3.63) is 93.9 Å². The number of carboxylic acid groups (broad SMARTS) is 1. The van der Waals surface area contributed by atoms with Crippen LogP contribution >= 0.6 is 0 Å². The van der Waals surface area contributed by atoms with Gasteiger partial charge in [-0.25, -0.2) is 9.48 Å². The Morgan fingerprint density at radius 1 is 1.03 bits per heavy atom. The third-order valence-electron chi connectivity index (χ3n) is 7.46. The van der Waals surface area contributed by atoms with E-state index in [9.17, 15) is 19.5 Å². The molecule has 0 radical (unpaired) electrons. The Morgan fingerprint density at radius 3 is 2.51 bits per heavy atom. The van der Waals surface area contributed by atoms with Gasteiger partial charge in [0.25, 0.3) is 11.5 Å². The summed E-state index contributed by atoms with van der Waals surface area (Å²) in [6.07, 6.45) is 6.66. The minimum absolute atomic E-state index is 0.0651. The van der Waals surface area contributed by atoms with Crippen LogP contribution in [0.15, 0.2) is 65.8 Å². The third-order valence-corrected chi connectivity index (χ3v) is 7.46. The van der Waals surface area contributed by atoms with Crippen LogP contribution < -0.4 is 15.2 Å². The lowest BCUT2D eigenvalue weighted by Gasteiger charge is -2.33. The van der Waals surface area contributed by atoms with E-state index in [1.165, 1.54) is 21.6 Å². The number of amides is 1. The number of fused-ring (bicyclic) bond motifs is 3. The minimum atomic E-state index is -1.14. The molecule has 7 rings (SSSR count). The standard InChI is InChI=1S/C27H21N5O5/c33-21-14-28-10-11-30(21)17-1-3-18(4-2-17)31-15-27(8-9-27)22-23(26(35)36)29-32(24(22)25(31)34)19-5-6-20-16(13-19)7-12-37-20/h1-6,10-11,13-14H,7-9,12,15H2,(H,35,36). The molecule has 4 heterocycles. The largest absolute Gasteiger partial charge is 0.493 e. The van der Waals surface area contributed by atoms with Gasteiger partial charge in [0.2, 0.25) is 0 Å². The highest BCUT2D eigenvalue weighted by atomic mass is 16.5. The molecule has 10 nitrogen and oxygen atoms in total. The van der Waals surface area contributed by atoms with Gasteiger partial charge in [-0.15, -0.1) is 0 Å². The van der Waals surface area contributed by atoms with Crippen LogP contribution in [0.4, 0.5) is 5.69 Å². The van der Waals surface area contributed by atoms with E-state index in [4.69, 9.17) is 4.74 Å². The summed E-state index contributed by atoms with van der Waals surface area (Å²) in [5.74, 6) is -0.652. The van der Waals surface area contributed by atoms with Gasteiger partial charge in [-0.1, -0.05) is 0 Å². The molecule has 0 bridgehead atoms. The maximum atomic E-state index is 14.0. The van der Waals surface area contributed by atoms with Crippen LogP contribution in [0.25, 0.3) is 11.4 Å². The molecule has 0 atom stereocenters. The molecule has 2 aliphatic heterocycles. The molecule has 4 aromatic rings. The Hall–Kier alpha value is -4.73. The highest BCUT2D eigenvalue weighted by molar-refractivity contribution is 6.10. The zero-order valence-electron chi connectivity index (χ0n) is 19.6. The van der Waals surface area contributed by atoms with E-state index < -0.39 is 11.4 Å². The lowest BCUT2D eigenvalue weighted by Crippen LogP contribution is -2.44. The van der Waals surface area contributed by atoms with Crippen molar-refractivity contribution in [2.45, 2.75) is 24.7 Å². The topological polar surface area (TPSA) is 120 Å². The van der Waals surface area contributed by atoms with E-state index in [1.54, 1.807) is 41.4 Å². The summed E-state index contributed by atoms with van der Waals surface area (Å²) in [4.78, 5) is 43.9. The molecule has 2 aromatic heterocycles. The van der Waals surface area contributed by atoms with E-state index in [0.717, 1.165) is 30.6 Å². The van der Waals surface area contributed by atoms with Gasteiger partial charge in [-0.3, -0.25) is 19.1 Å². The molecular weight excluding hydrogens is 474 g/mol. The van der Waals surface area contributed by atoms with Gasteiger partial charge in [0, 0.05) is 47.7 Å². The van der Waals surface area contributed by atoms with E-state index in [0.29, 0.717) is 35.8 Å². The van der Waals surface area contributed by atoms with E-state index in [1.807, 2.05) is 12.1 Å². The van der Waals surface area contributed by atoms with Crippen LogP contribution in [0, 0.1) is 0 Å². The first kappa shape index (κ1) is 21.5. The summed E-state index contributed by atoms with van der Waals surface area (Å²) in [6.45, 7) is 0.963. The molecule has 2 aromatic carbocycles. The van der Waals surface area contributed by atoms with Gasteiger partial charge in [0.1, 0.15) is 11.4 Å². The van der Waals surface area contributed by atoms with Crippen LogP contribution in [0.5, 0.6) is 5.75 Å². The van der Waals surface area contributed by atoms with Crippen molar-refractivity contribution < 1.29 is 19.4 Å². The Balaban J connectivity index is 1.34. The molecule has 1 fully saturated rings. The SMILES string of the molecule is O=C(O)c1nn(-c2ccc3c(c2)CCO3)c2c1C1(CC1)CN(c1ccc(-n3ccncc3=O)cc1)C2=O. The normalized spacial score (nSPS) is 16.9. The van der Waals surface area contributed by atoms with Gasteiger partial charge < -0.3 is 14.7 Å². The van der Waals surface area contributed by atoms with Crippen LogP contribution in [-0.4, -0.2) is 49.5 Å². The van der Waals surface area contributed by atoms with E-state index >= 15 is 0 Å². The van der Waals surface area contributed by atoms with Crippen molar-refractivity contribution in [2.75, 3.05) is 18.1 Å². The second-order valence-corrected chi connectivity index (χ2v) is 9.65. The first-order valence-corrected chi connectivity index (χ1v) is 12.0. The average Bonchev–Trinajstić information content (AvgIpc) is 3.32. The lowest BCUT2D eigenvalue weighted by atomic mass is 9.88. The minimum Gasteiger partial charge on any atom is -0.493 e. The average molecular weight is 495 g/mol. The predicted molar refractivity (Wildman–Crippen MR) is 132 cm³/mol. The van der Waals surface area contributed by atoms with E-state index in [-0.39, 0.29) is 22.9 Å². The van der Waals surface area contributed by atoms with Crippen LogP contribution in [0.1, 0.15) is 44.9 Å². The van der Waals surface area contributed by atoms with Crippen LogP contribution in [-0.2, 0) is 11.8 Å². The smallest absolute Gasteiger partial charge is 0.356 e. The number of benzene rings is 2. The highest BCUT2D eigenvalue weighted by Crippen LogP contribution is 2.54. The first-order valence-electron chi connectivity index (χ1n) is 12.0. The molecule has 37 heavy (non-hydrogen) atoms. The number of anilines is 1. The number of hydrogen-bond donors (Lipinski definition) is 1. The van der Waals surface area contributed by atoms with Crippen molar-refractivity contribution in [3.63, 3.8) is 0 Å². The number of nitrogens with zero attached hydrogens (tertiary/aromatic N) is 5. The summed E-state index contributed by atoms with van der Waals surface area (Å²) in [5, 5.41) is 14.4. The number of carbonyl (C=O) groups is 2. The zero-order valence-corrected chi connectivity index (χ0v) is 19.6. The molecular formula is C27H21N5O5. The van der Waals surface area contributed by atoms with Gasteiger partial charge >= 0.3 is 5.97 Å². The Bertz CT molecular complexity index is 1670. The van der Waals surface area contributed by atoms with Gasteiger partial charge in [-0.05, 0) is 60.9 Å². The molecule has 184 valence electrons. The predicted octanol–water partition coefficient (Wildman–Crippen LogP) is 2.74. The summed E-state index contributed by atoms with van der Waals surface area (Å²) in [6, 6.07) is 12.7. The number of aromatic nitrogens is 4. The number of carboxylic acids is 1. The quantitative estimate of drug-likeness (QED) is 0.462. The third kappa shape index (κ3) is 3.22. The first-order chi connectivity index (χ1) is 17.9. The van der Waals surface area contributed by atoms with Crippen molar-refractivity contribution in [1.82, 2.24) is 19.3 Å². The molecule has 1 aliphatic carbocycles. The fraction of sp³-hybridized carbons (Fsp3) is 0.222. The zero-order chi connectivity index (χ0) is 25.3. The Labute approximate surface area is 210 Å². The number of hydrogen-bond acceptors (Lipinski definition) is 6. The van der Waals surface area contributed by atoms with Crippen molar-refractivity contribution in [3.8, 4) is 17.1 Å². The summed E-state index contributed by atoms with van der Waals surface area (Å²) in [7, 11) is 0. The molecule has 3 aliphatic rings. The molecule has 10 heteroatoms. The Morgan fingerprint density at radius 2 is 1.78 bits per heavy atom. The van der Waals surface area contributed by atoms with Gasteiger partial charge in [0.15, 0.2) is 5.69 Å². The molecule has 1 N–H and O–H groups in total. The maximum Gasteiger partial charge on any atom is 0.356 e. The number of ether oxygens (including phenoxy) is 1. The summed E-state index contributed by atoms with van der Waals surface area (Å²) < 4.78 is 8.57. The lowest BCUT2D eigenvalue weighted by molar-refractivity contribution is 0.0688. The van der Waals surface area contributed by atoms with Crippen molar-refractivity contribution in [2.24, 2.45) is 0 Å². The Kier molecular flexibility index (Phi) is 4.44. The number of rotatable bonds is 4. The van der Waals surface area contributed by atoms with Crippen LogP contribution in [0.3, 0.4) is 0 Å². The fourth-order valence-corrected chi connectivity index (χ4v) is 5.46. The van der Waals surface area contributed by atoms with Crippen molar-refractivity contribution >= 4 is 17.6 Å². The molecule has 0 unspecified atom stereocenters. The van der Waals surface area contributed by atoms with Gasteiger partial charge in [0.05, 0.1) is 18.5 Å². The molecule has 1 spiro atoms. The van der Waals surface area contributed by atoms with E-state index in [2.05, 4.69) is 10.1 Å². The fourth-order valence-electron chi connectivity index (χ4n) is 5.46. The maximum absolute atomic E-state index is 14.0. The van der Waals surface area contributed by atoms with Gasteiger partial charge in [-0.2, -0.15) is 5.10 Å². The van der Waals surface area contributed by atoms with Crippen LogP contribution in [0.2, 0.25) is 0 Å². The highest BCUT2D eigenvalue weighted by Gasteiger charge is 2.56. The molecule has 0 saturated heterocycles. The molecule has 1 amide bonds. The summed E-state index contributed by atoms with van der Waals surface area (Å²) >= 11 is 0. The second kappa shape index (κ2) is 7.63. The number of carbonyl (C=O) groups excluding carboxylic acids is 1.